The number of aromatic amines is 1. The molecule has 204 valence electrons. The summed E-state index contributed by atoms with van der Waals surface area (Å²) in [4.78, 5) is 46.6. The summed E-state index contributed by atoms with van der Waals surface area (Å²) in [6.07, 6.45) is 4.26. The maximum Gasteiger partial charge on any atom is 0.255 e. The predicted octanol–water partition coefficient (Wildman–Crippen LogP) is 5.85. The number of rotatable bonds is 9. The molecular formula is C28H31Cl2N7O2. The van der Waals surface area contributed by atoms with Gasteiger partial charge in [-0.3, -0.25) is 9.59 Å². The highest BCUT2D eigenvalue weighted by Gasteiger charge is 2.24. The summed E-state index contributed by atoms with van der Waals surface area (Å²) in [7, 11) is 0. The van der Waals surface area contributed by atoms with Gasteiger partial charge >= 0.3 is 0 Å². The molecule has 39 heavy (non-hydrogen) atoms. The standard InChI is InChI=1S/C28H31Cl2N7O2/c1-3-36(4-2)25(38)10-9-22(27-33-21-8-7-17(29)13-24(21)35-27)34-26-19-14-20(30)18(15-23(19)31-16-32-26)28(39)37-11-5-6-12-37/h7-8,13-16,22H,3-6,9-12H2,1-2H3,(H,33,35)(H,31,32,34). The van der Waals surface area contributed by atoms with Gasteiger partial charge in [0.15, 0.2) is 0 Å². The van der Waals surface area contributed by atoms with Gasteiger partial charge < -0.3 is 20.1 Å². The van der Waals surface area contributed by atoms with Crippen LogP contribution in [-0.2, 0) is 4.79 Å². The van der Waals surface area contributed by atoms with E-state index in [2.05, 4.69) is 20.3 Å². The lowest BCUT2D eigenvalue weighted by Crippen LogP contribution is -2.31. The Kier molecular flexibility index (Phi) is 8.18. The molecule has 0 spiro atoms. The fourth-order valence-corrected chi connectivity index (χ4v) is 5.47. The van der Waals surface area contributed by atoms with Crippen molar-refractivity contribution in [3.8, 4) is 0 Å². The minimum Gasteiger partial charge on any atom is -0.359 e. The molecule has 3 heterocycles. The quantitative estimate of drug-likeness (QED) is 0.262. The molecule has 2 N–H and O–H groups in total. The number of likely N-dealkylation sites (tertiary alicyclic amines) is 1. The highest BCUT2D eigenvalue weighted by atomic mass is 35.5. The second-order valence-electron chi connectivity index (χ2n) is 9.66. The number of halogens is 2. The Bertz CT molecular complexity index is 1510. The Hall–Kier alpha value is -3.43. The number of benzene rings is 2. The number of H-pyrrole nitrogens is 1. The van der Waals surface area contributed by atoms with Gasteiger partial charge in [0.1, 0.15) is 18.0 Å². The number of carbonyl (C=O) groups is 2. The van der Waals surface area contributed by atoms with Gasteiger partial charge in [-0.2, -0.15) is 0 Å². The van der Waals surface area contributed by atoms with Crippen LogP contribution in [0.4, 0.5) is 5.82 Å². The Morgan fingerprint density at radius 1 is 1.08 bits per heavy atom. The number of hydrogen-bond donors (Lipinski definition) is 2. The molecule has 1 aliphatic rings. The first-order valence-corrected chi connectivity index (χ1v) is 14.1. The zero-order chi connectivity index (χ0) is 27.5. The number of fused-ring (bicyclic) bond motifs is 2. The largest absolute Gasteiger partial charge is 0.359 e. The highest BCUT2D eigenvalue weighted by molar-refractivity contribution is 6.35. The zero-order valence-electron chi connectivity index (χ0n) is 22.0. The van der Waals surface area contributed by atoms with E-state index < -0.39 is 0 Å². The van der Waals surface area contributed by atoms with Gasteiger partial charge in [-0.1, -0.05) is 23.2 Å². The molecule has 5 rings (SSSR count). The molecule has 1 fully saturated rings. The lowest BCUT2D eigenvalue weighted by atomic mass is 10.1. The number of nitrogens with zero attached hydrogens (tertiary/aromatic N) is 5. The van der Waals surface area contributed by atoms with Crippen molar-refractivity contribution >= 4 is 62.8 Å². The van der Waals surface area contributed by atoms with Crippen molar-refractivity contribution in [3.63, 3.8) is 0 Å². The number of carbonyl (C=O) groups excluding carboxylic acids is 2. The normalized spacial score (nSPS) is 14.2. The topological polar surface area (TPSA) is 107 Å². The monoisotopic (exact) mass is 567 g/mol. The van der Waals surface area contributed by atoms with Crippen LogP contribution in [0, 0.1) is 0 Å². The van der Waals surface area contributed by atoms with Gasteiger partial charge in [-0.25, -0.2) is 15.0 Å². The average Bonchev–Trinajstić information content (AvgIpc) is 3.61. The predicted molar refractivity (Wildman–Crippen MR) is 154 cm³/mol. The molecule has 4 aromatic rings. The third kappa shape index (κ3) is 5.79. The van der Waals surface area contributed by atoms with Crippen molar-refractivity contribution in [2.75, 3.05) is 31.5 Å². The van der Waals surface area contributed by atoms with Crippen molar-refractivity contribution < 1.29 is 9.59 Å². The van der Waals surface area contributed by atoms with Crippen LogP contribution in [0.2, 0.25) is 10.0 Å². The maximum absolute atomic E-state index is 13.0. The summed E-state index contributed by atoms with van der Waals surface area (Å²) in [5, 5.41) is 5.11. The summed E-state index contributed by atoms with van der Waals surface area (Å²) in [5.74, 6) is 1.20. The number of aromatic nitrogens is 4. The minimum absolute atomic E-state index is 0.0756. The van der Waals surface area contributed by atoms with E-state index in [1.165, 1.54) is 6.33 Å². The third-order valence-corrected chi connectivity index (χ3v) is 7.76. The summed E-state index contributed by atoms with van der Waals surface area (Å²) in [6.45, 7) is 6.73. The first kappa shape index (κ1) is 27.1. The van der Waals surface area contributed by atoms with E-state index in [0.29, 0.717) is 64.1 Å². The number of anilines is 1. The van der Waals surface area contributed by atoms with Crippen LogP contribution in [-0.4, -0.2) is 67.7 Å². The molecular weight excluding hydrogens is 537 g/mol. The SMILES string of the molecule is CCN(CC)C(=O)CCC(Nc1ncnc2cc(C(=O)N3CCCC3)c(Cl)cc12)c1nc2ccc(Cl)cc2[nH]1. The Morgan fingerprint density at radius 3 is 2.59 bits per heavy atom. The Labute approximate surface area is 236 Å². The van der Waals surface area contributed by atoms with Gasteiger partial charge in [0, 0.05) is 43.0 Å². The molecule has 1 aliphatic heterocycles. The van der Waals surface area contributed by atoms with E-state index in [0.717, 1.165) is 37.0 Å². The highest BCUT2D eigenvalue weighted by Crippen LogP contribution is 2.32. The van der Waals surface area contributed by atoms with Crippen LogP contribution in [0.15, 0.2) is 36.7 Å². The minimum atomic E-state index is -0.363. The second kappa shape index (κ2) is 11.8. The number of imidazole rings is 1. The third-order valence-electron chi connectivity index (χ3n) is 7.21. The Balaban J connectivity index is 1.48. The van der Waals surface area contributed by atoms with Gasteiger partial charge in [-0.05, 0) is 63.4 Å². The molecule has 9 nitrogen and oxygen atoms in total. The molecule has 1 unspecified atom stereocenters. The van der Waals surface area contributed by atoms with Crippen LogP contribution in [0.25, 0.3) is 21.9 Å². The number of hydrogen-bond acceptors (Lipinski definition) is 6. The van der Waals surface area contributed by atoms with Crippen LogP contribution >= 0.6 is 23.2 Å². The lowest BCUT2D eigenvalue weighted by Gasteiger charge is -2.22. The lowest BCUT2D eigenvalue weighted by molar-refractivity contribution is -0.130. The molecule has 1 atom stereocenters. The molecule has 0 bridgehead atoms. The first-order valence-electron chi connectivity index (χ1n) is 13.3. The Morgan fingerprint density at radius 2 is 1.85 bits per heavy atom. The van der Waals surface area contributed by atoms with Crippen LogP contribution in [0.1, 0.15) is 61.8 Å². The van der Waals surface area contributed by atoms with E-state index in [9.17, 15) is 9.59 Å². The summed E-state index contributed by atoms with van der Waals surface area (Å²) >= 11 is 12.8. The first-order chi connectivity index (χ1) is 18.9. The zero-order valence-corrected chi connectivity index (χ0v) is 23.5. The second-order valence-corrected chi connectivity index (χ2v) is 10.5. The molecule has 2 amide bonds. The van der Waals surface area contributed by atoms with Crippen molar-refractivity contribution in [2.45, 2.75) is 45.6 Å². The number of nitrogens with one attached hydrogen (secondary N) is 2. The summed E-state index contributed by atoms with van der Waals surface area (Å²) in [5.41, 5.74) is 2.62. The molecule has 0 saturated carbocycles. The van der Waals surface area contributed by atoms with Crippen LogP contribution < -0.4 is 5.32 Å². The molecule has 2 aromatic heterocycles. The van der Waals surface area contributed by atoms with Crippen molar-refractivity contribution in [1.82, 2.24) is 29.7 Å². The summed E-state index contributed by atoms with van der Waals surface area (Å²) < 4.78 is 0. The van der Waals surface area contributed by atoms with E-state index in [1.807, 2.05) is 35.8 Å². The molecule has 11 heteroatoms. The average molecular weight is 569 g/mol. The fourth-order valence-electron chi connectivity index (χ4n) is 5.06. The van der Waals surface area contributed by atoms with Crippen molar-refractivity contribution in [2.24, 2.45) is 0 Å². The van der Waals surface area contributed by atoms with E-state index >= 15 is 0 Å². The molecule has 1 saturated heterocycles. The van der Waals surface area contributed by atoms with E-state index in [1.54, 1.807) is 18.2 Å². The smallest absolute Gasteiger partial charge is 0.255 e. The maximum atomic E-state index is 13.0. The van der Waals surface area contributed by atoms with E-state index in [4.69, 9.17) is 28.2 Å². The molecule has 0 aliphatic carbocycles. The van der Waals surface area contributed by atoms with Crippen LogP contribution in [0.3, 0.4) is 0 Å². The van der Waals surface area contributed by atoms with Crippen LogP contribution in [0.5, 0.6) is 0 Å². The fraction of sp³-hybridized carbons (Fsp3) is 0.393. The van der Waals surface area contributed by atoms with Crippen molar-refractivity contribution in [1.29, 1.82) is 0 Å². The number of amides is 2. The van der Waals surface area contributed by atoms with Gasteiger partial charge in [0.2, 0.25) is 5.91 Å². The van der Waals surface area contributed by atoms with E-state index in [-0.39, 0.29) is 17.9 Å². The van der Waals surface area contributed by atoms with Gasteiger partial charge in [0.05, 0.1) is 33.2 Å². The summed E-state index contributed by atoms with van der Waals surface area (Å²) in [6, 6.07) is 8.57. The molecule has 0 radical (unpaired) electrons. The molecule has 2 aromatic carbocycles. The van der Waals surface area contributed by atoms with Gasteiger partial charge in [0.25, 0.3) is 5.91 Å². The van der Waals surface area contributed by atoms with Crippen molar-refractivity contribution in [3.05, 3.63) is 58.1 Å². The van der Waals surface area contributed by atoms with Gasteiger partial charge in [-0.15, -0.1) is 0 Å².